The van der Waals surface area contributed by atoms with E-state index in [9.17, 15) is 13.2 Å². The average molecular weight is 460 g/mol. The van der Waals surface area contributed by atoms with Gasteiger partial charge in [-0.15, -0.1) is 5.10 Å². The summed E-state index contributed by atoms with van der Waals surface area (Å²) in [5.41, 5.74) is 1.59. The average Bonchev–Trinajstić information content (AvgIpc) is 3.21. The molecule has 0 N–H and O–H groups in total. The number of rotatable bonds is 7. The van der Waals surface area contributed by atoms with Crippen LogP contribution in [0.25, 0.3) is 11.0 Å². The summed E-state index contributed by atoms with van der Waals surface area (Å²) in [5.74, 6) is -0.257. The molecule has 1 fully saturated rings. The lowest BCUT2D eigenvalue weighted by molar-refractivity contribution is -0.124. The third-order valence-corrected chi connectivity index (χ3v) is 7.02. The normalized spacial score (nSPS) is 15.2. The first-order valence-electron chi connectivity index (χ1n) is 10.3. The summed E-state index contributed by atoms with van der Waals surface area (Å²) in [4.78, 5) is 21.3. The summed E-state index contributed by atoms with van der Waals surface area (Å²) in [5, 5.41) is 7.93. The van der Waals surface area contributed by atoms with E-state index in [1.165, 1.54) is 16.4 Å². The van der Waals surface area contributed by atoms with Crippen molar-refractivity contribution in [2.75, 3.05) is 37.8 Å². The number of sulfonamides is 1. The highest BCUT2D eigenvalue weighted by Crippen LogP contribution is 2.21. The number of benzene rings is 2. The first-order chi connectivity index (χ1) is 15.4. The molecule has 170 valence electrons. The summed E-state index contributed by atoms with van der Waals surface area (Å²) < 4.78 is 32.6. The van der Waals surface area contributed by atoms with Crippen LogP contribution >= 0.6 is 0 Å². The van der Waals surface area contributed by atoms with Gasteiger partial charge in [0.15, 0.2) is 6.61 Å². The van der Waals surface area contributed by atoms with Gasteiger partial charge in [-0.3, -0.25) is 4.79 Å². The summed E-state index contributed by atoms with van der Waals surface area (Å²) in [6, 6.07) is 13.8. The van der Waals surface area contributed by atoms with Crippen molar-refractivity contribution in [2.24, 2.45) is 0 Å². The maximum absolute atomic E-state index is 13.0. The van der Waals surface area contributed by atoms with Crippen LogP contribution in [0.5, 0.6) is 0 Å². The fourth-order valence-electron chi connectivity index (χ4n) is 3.57. The van der Waals surface area contributed by atoms with Crippen LogP contribution in [0, 0.1) is 0 Å². The zero-order chi connectivity index (χ0) is 22.7. The standard InChI is InChI=1S/C21H25N5O5S/c1-16(2)25(17-6-4-3-5-7-17)21(27)15-31-26-20-14-18(8-9-19(20)22-23-26)32(28,29)24-10-12-30-13-11-24/h3-9,14,16H,10-13,15H2,1-2H3. The van der Waals surface area contributed by atoms with E-state index in [4.69, 9.17) is 9.57 Å². The van der Waals surface area contributed by atoms with Gasteiger partial charge in [0.05, 0.1) is 18.1 Å². The molecule has 0 bridgehead atoms. The molecule has 0 saturated carbocycles. The Balaban J connectivity index is 1.55. The number of carbonyl (C=O) groups is 1. The quantitative estimate of drug-likeness (QED) is 0.524. The van der Waals surface area contributed by atoms with Gasteiger partial charge in [-0.25, -0.2) is 8.42 Å². The molecule has 0 atom stereocenters. The van der Waals surface area contributed by atoms with E-state index in [0.717, 1.165) is 10.5 Å². The van der Waals surface area contributed by atoms with E-state index in [-0.39, 0.29) is 23.5 Å². The number of hydrogen-bond acceptors (Lipinski definition) is 7. The number of morpholine rings is 1. The fraction of sp³-hybridized carbons (Fsp3) is 0.381. The van der Waals surface area contributed by atoms with Crippen molar-refractivity contribution < 1.29 is 22.8 Å². The molecule has 1 aliphatic heterocycles. The predicted molar refractivity (Wildman–Crippen MR) is 118 cm³/mol. The van der Waals surface area contributed by atoms with Gasteiger partial charge < -0.3 is 14.5 Å². The topological polar surface area (TPSA) is 107 Å². The number of nitrogens with zero attached hydrogens (tertiary/aromatic N) is 5. The van der Waals surface area contributed by atoms with Crippen molar-refractivity contribution in [1.29, 1.82) is 0 Å². The van der Waals surface area contributed by atoms with Gasteiger partial charge in [-0.05, 0) is 49.4 Å². The number of para-hydroxylation sites is 1. The lowest BCUT2D eigenvalue weighted by Crippen LogP contribution is -2.41. The van der Waals surface area contributed by atoms with Crippen LogP contribution in [0.3, 0.4) is 0 Å². The molecule has 10 nitrogen and oxygen atoms in total. The molecule has 1 saturated heterocycles. The van der Waals surface area contributed by atoms with Crippen LogP contribution in [-0.2, 0) is 19.6 Å². The van der Waals surface area contributed by atoms with Crippen molar-refractivity contribution in [3.63, 3.8) is 0 Å². The second-order valence-electron chi connectivity index (χ2n) is 7.60. The minimum absolute atomic E-state index is 0.0775. The molecule has 0 aliphatic carbocycles. The van der Waals surface area contributed by atoms with Crippen molar-refractivity contribution >= 4 is 32.7 Å². The number of hydrogen-bond donors (Lipinski definition) is 0. The molecule has 1 aliphatic rings. The van der Waals surface area contributed by atoms with Gasteiger partial charge in [0.2, 0.25) is 10.0 Å². The van der Waals surface area contributed by atoms with Crippen molar-refractivity contribution in [3.8, 4) is 0 Å². The van der Waals surface area contributed by atoms with E-state index in [1.54, 1.807) is 11.0 Å². The van der Waals surface area contributed by atoms with Crippen LogP contribution in [0.15, 0.2) is 53.4 Å². The van der Waals surface area contributed by atoms with Crippen LogP contribution in [0.4, 0.5) is 5.69 Å². The molecule has 2 aromatic carbocycles. The minimum atomic E-state index is -3.69. The first-order valence-corrected chi connectivity index (χ1v) is 11.8. The minimum Gasteiger partial charge on any atom is -0.385 e. The van der Waals surface area contributed by atoms with Gasteiger partial charge >= 0.3 is 0 Å². The highest BCUT2D eigenvalue weighted by Gasteiger charge is 2.27. The zero-order valence-corrected chi connectivity index (χ0v) is 18.7. The lowest BCUT2D eigenvalue weighted by atomic mass is 10.2. The van der Waals surface area contributed by atoms with Gasteiger partial charge in [0.1, 0.15) is 11.0 Å². The van der Waals surface area contributed by atoms with Crippen molar-refractivity contribution in [1.82, 2.24) is 19.5 Å². The molecule has 2 heterocycles. The summed E-state index contributed by atoms with van der Waals surface area (Å²) in [6.07, 6.45) is 0. The lowest BCUT2D eigenvalue weighted by Gasteiger charge is -2.26. The molecular weight excluding hydrogens is 434 g/mol. The van der Waals surface area contributed by atoms with Gasteiger partial charge in [0.25, 0.3) is 5.91 Å². The second-order valence-corrected chi connectivity index (χ2v) is 9.53. The molecule has 0 unspecified atom stereocenters. The Labute approximate surface area is 186 Å². The summed E-state index contributed by atoms with van der Waals surface area (Å²) in [7, 11) is -3.69. The predicted octanol–water partition coefficient (Wildman–Crippen LogP) is 1.32. The van der Waals surface area contributed by atoms with Gasteiger partial charge in [0, 0.05) is 24.8 Å². The number of ether oxygens (including phenoxy) is 1. The number of aromatic nitrogens is 3. The van der Waals surface area contributed by atoms with Gasteiger partial charge in [-0.2, -0.15) is 4.31 Å². The fourth-order valence-corrected chi connectivity index (χ4v) is 5.00. The SMILES string of the molecule is CC(C)N(C(=O)COn1nnc2ccc(S(=O)(=O)N3CCOCC3)cc21)c1ccccc1. The molecule has 0 radical (unpaired) electrons. The highest BCUT2D eigenvalue weighted by molar-refractivity contribution is 7.89. The van der Waals surface area contributed by atoms with E-state index < -0.39 is 10.0 Å². The maximum Gasteiger partial charge on any atom is 0.267 e. The number of amides is 1. The second kappa shape index (κ2) is 9.23. The monoisotopic (exact) mass is 459 g/mol. The molecular formula is C21H25N5O5S. The number of fused-ring (bicyclic) bond motifs is 1. The summed E-state index contributed by atoms with van der Waals surface area (Å²) in [6.45, 7) is 4.86. The van der Waals surface area contributed by atoms with Crippen LogP contribution in [0.2, 0.25) is 0 Å². The Hall–Kier alpha value is -3.02. The number of carbonyl (C=O) groups excluding carboxylic acids is 1. The van der Waals surface area contributed by atoms with Crippen molar-refractivity contribution in [3.05, 3.63) is 48.5 Å². The van der Waals surface area contributed by atoms with E-state index in [1.807, 2.05) is 44.2 Å². The van der Waals surface area contributed by atoms with E-state index in [0.29, 0.717) is 37.3 Å². The van der Waals surface area contributed by atoms with Gasteiger partial charge in [-0.1, -0.05) is 23.0 Å². The smallest absolute Gasteiger partial charge is 0.267 e. The Morgan fingerprint density at radius 3 is 2.56 bits per heavy atom. The third kappa shape index (κ3) is 4.45. The van der Waals surface area contributed by atoms with Crippen LogP contribution in [0.1, 0.15) is 13.8 Å². The van der Waals surface area contributed by atoms with Crippen LogP contribution in [-0.4, -0.2) is 72.7 Å². The molecule has 11 heteroatoms. The Bertz CT molecular complexity index is 1190. The number of anilines is 1. The third-order valence-electron chi connectivity index (χ3n) is 5.12. The Morgan fingerprint density at radius 1 is 1.16 bits per heavy atom. The van der Waals surface area contributed by atoms with Crippen LogP contribution < -0.4 is 9.74 Å². The molecule has 0 spiro atoms. The molecule has 3 aromatic rings. The largest absolute Gasteiger partial charge is 0.385 e. The molecule has 1 amide bonds. The molecule has 4 rings (SSSR count). The van der Waals surface area contributed by atoms with E-state index in [2.05, 4.69) is 10.3 Å². The maximum atomic E-state index is 13.0. The van der Waals surface area contributed by atoms with E-state index >= 15 is 0 Å². The van der Waals surface area contributed by atoms with Crippen molar-refractivity contribution in [2.45, 2.75) is 24.8 Å². The molecule has 32 heavy (non-hydrogen) atoms. The Morgan fingerprint density at radius 2 is 1.88 bits per heavy atom. The highest BCUT2D eigenvalue weighted by atomic mass is 32.2. The zero-order valence-electron chi connectivity index (χ0n) is 17.9. The summed E-state index contributed by atoms with van der Waals surface area (Å²) >= 11 is 0. The Kier molecular flexibility index (Phi) is 6.40. The first kappa shape index (κ1) is 22.2. The molecule has 1 aromatic heterocycles.